The van der Waals surface area contributed by atoms with E-state index in [0.717, 1.165) is 11.5 Å². The van der Waals surface area contributed by atoms with E-state index < -0.39 is 0 Å². The van der Waals surface area contributed by atoms with Gasteiger partial charge >= 0.3 is 0 Å². The number of rotatable bonds is 5. The van der Waals surface area contributed by atoms with E-state index in [1.165, 1.54) is 0 Å². The summed E-state index contributed by atoms with van der Waals surface area (Å²) >= 11 is 11.0. The highest BCUT2D eigenvalue weighted by atomic mass is 32.1. The second kappa shape index (κ2) is 7.62. The van der Waals surface area contributed by atoms with Gasteiger partial charge in [0.2, 0.25) is 0 Å². The van der Waals surface area contributed by atoms with Gasteiger partial charge in [0.25, 0.3) is 0 Å². The zero-order chi connectivity index (χ0) is 17.9. The van der Waals surface area contributed by atoms with Gasteiger partial charge in [0.15, 0.2) is 10.2 Å². The van der Waals surface area contributed by atoms with E-state index in [2.05, 4.69) is 20.4 Å². The Labute approximate surface area is 162 Å². The van der Waals surface area contributed by atoms with Crippen LogP contribution in [-0.2, 0) is 13.1 Å². The molecule has 2 N–H and O–H groups in total. The summed E-state index contributed by atoms with van der Waals surface area (Å²) in [6.45, 7) is 3.98. The van der Waals surface area contributed by atoms with Gasteiger partial charge in [-0.25, -0.2) is 10.0 Å². The Morgan fingerprint density at radius 2 is 1.27 bits per heavy atom. The predicted molar refractivity (Wildman–Crippen MR) is 103 cm³/mol. The molecule has 0 amide bonds. The molecule has 2 aromatic heterocycles. The van der Waals surface area contributed by atoms with Crippen molar-refractivity contribution >= 4 is 34.7 Å². The summed E-state index contributed by atoms with van der Waals surface area (Å²) in [6, 6.07) is 7.72. The molecule has 0 saturated carbocycles. The third-order valence-corrected chi connectivity index (χ3v) is 4.97. The van der Waals surface area contributed by atoms with Crippen LogP contribution < -0.4 is 10.6 Å². The molecule has 2 aliphatic rings. The smallest absolute Gasteiger partial charge is 0.190 e. The Balaban J connectivity index is 1.42. The lowest BCUT2D eigenvalue weighted by molar-refractivity contribution is -0.0223. The largest absolute Gasteiger partial charge is 0.468 e. The van der Waals surface area contributed by atoms with Gasteiger partial charge in [-0.15, -0.1) is 0 Å². The first-order valence-corrected chi connectivity index (χ1v) is 9.11. The Bertz CT molecular complexity index is 687. The fourth-order valence-electron chi connectivity index (χ4n) is 2.98. The quantitative estimate of drug-likeness (QED) is 0.728. The maximum Gasteiger partial charge on any atom is 0.190 e. The molecule has 2 fully saturated rings. The van der Waals surface area contributed by atoms with Crippen molar-refractivity contribution < 1.29 is 8.83 Å². The van der Waals surface area contributed by atoms with Crippen molar-refractivity contribution in [1.82, 2.24) is 30.5 Å². The Hall–Kier alpha value is -2.14. The maximum atomic E-state index is 5.51. The van der Waals surface area contributed by atoms with Crippen LogP contribution in [-0.4, -0.2) is 56.7 Å². The number of hydrazine groups is 1. The minimum absolute atomic E-state index is 0.628. The summed E-state index contributed by atoms with van der Waals surface area (Å²) in [4.78, 5) is 4.39. The first-order valence-electron chi connectivity index (χ1n) is 8.29. The summed E-state index contributed by atoms with van der Waals surface area (Å²) in [5.41, 5.74) is 0. The van der Waals surface area contributed by atoms with Crippen LogP contribution in [0.25, 0.3) is 0 Å². The van der Waals surface area contributed by atoms with Crippen LogP contribution in [0.5, 0.6) is 0 Å². The van der Waals surface area contributed by atoms with E-state index in [1.807, 2.05) is 34.3 Å². The van der Waals surface area contributed by atoms with Crippen molar-refractivity contribution in [3.8, 4) is 0 Å². The van der Waals surface area contributed by atoms with Gasteiger partial charge in [0.05, 0.1) is 52.3 Å². The standard InChI is InChI=1S/C16H20N6O2S2/c25-15-17-9-19(7-13-3-1-5-23-13)11-21(15)22-12-20(10-18-16(22)26)8-14-4-2-6-24-14/h1-6H,7-12H2,(H,17,25)(H,18,26). The zero-order valence-corrected chi connectivity index (χ0v) is 15.8. The molecule has 4 rings (SSSR count). The molecule has 0 aromatic carbocycles. The maximum absolute atomic E-state index is 5.51. The molecule has 2 aromatic rings. The van der Waals surface area contributed by atoms with Crippen LogP contribution >= 0.6 is 24.4 Å². The minimum atomic E-state index is 0.628. The van der Waals surface area contributed by atoms with Crippen LogP contribution in [0.1, 0.15) is 11.5 Å². The molecular formula is C16H20N6O2S2. The van der Waals surface area contributed by atoms with Crippen molar-refractivity contribution in [2.75, 3.05) is 26.7 Å². The van der Waals surface area contributed by atoms with Gasteiger partial charge in [-0.05, 0) is 48.7 Å². The van der Waals surface area contributed by atoms with Gasteiger partial charge in [0, 0.05) is 0 Å². The van der Waals surface area contributed by atoms with Crippen molar-refractivity contribution in [1.29, 1.82) is 0 Å². The summed E-state index contributed by atoms with van der Waals surface area (Å²) in [6.07, 6.45) is 3.37. The van der Waals surface area contributed by atoms with Crippen molar-refractivity contribution in [2.45, 2.75) is 13.1 Å². The van der Waals surface area contributed by atoms with Crippen LogP contribution in [0.4, 0.5) is 0 Å². The molecule has 26 heavy (non-hydrogen) atoms. The first-order chi connectivity index (χ1) is 12.7. The van der Waals surface area contributed by atoms with Gasteiger partial charge in [-0.1, -0.05) is 0 Å². The molecule has 0 aliphatic carbocycles. The molecule has 0 unspecified atom stereocenters. The predicted octanol–water partition coefficient (Wildman–Crippen LogP) is 1.30. The number of nitrogens with zero attached hydrogens (tertiary/aromatic N) is 4. The summed E-state index contributed by atoms with van der Waals surface area (Å²) in [5, 5.41) is 11.8. The molecule has 0 spiro atoms. The Morgan fingerprint density at radius 1 is 0.808 bits per heavy atom. The lowest BCUT2D eigenvalue weighted by atomic mass is 10.4. The second-order valence-corrected chi connectivity index (χ2v) is 6.95. The highest BCUT2D eigenvalue weighted by molar-refractivity contribution is 7.80. The topological polar surface area (TPSA) is 63.3 Å². The molecule has 2 saturated heterocycles. The lowest BCUT2D eigenvalue weighted by Crippen LogP contribution is -2.68. The number of hydrogen-bond donors (Lipinski definition) is 2. The van der Waals surface area contributed by atoms with Crippen LogP contribution in [0.15, 0.2) is 45.6 Å². The zero-order valence-electron chi connectivity index (χ0n) is 14.1. The highest BCUT2D eigenvalue weighted by Crippen LogP contribution is 2.15. The molecule has 4 heterocycles. The summed E-state index contributed by atoms with van der Waals surface area (Å²) in [7, 11) is 0. The number of hydrogen-bond acceptors (Lipinski definition) is 6. The molecule has 0 atom stereocenters. The highest BCUT2D eigenvalue weighted by Gasteiger charge is 2.31. The van der Waals surface area contributed by atoms with Gasteiger partial charge in [0.1, 0.15) is 11.5 Å². The Morgan fingerprint density at radius 3 is 1.65 bits per heavy atom. The molecular weight excluding hydrogens is 372 g/mol. The SMILES string of the molecule is S=C1NCN(Cc2ccco2)CN1N1CN(Cc2ccco2)CNC1=S. The third kappa shape index (κ3) is 3.83. The second-order valence-electron chi connectivity index (χ2n) is 6.18. The molecule has 0 bridgehead atoms. The normalized spacial score (nSPS) is 19.5. The molecule has 2 aliphatic heterocycles. The third-order valence-electron chi connectivity index (χ3n) is 4.26. The summed E-state index contributed by atoms with van der Waals surface area (Å²) in [5.74, 6) is 1.83. The molecule has 10 heteroatoms. The summed E-state index contributed by atoms with van der Waals surface area (Å²) < 4.78 is 10.9. The van der Waals surface area contributed by atoms with Crippen molar-refractivity contribution in [3.05, 3.63) is 48.3 Å². The van der Waals surface area contributed by atoms with E-state index in [0.29, 0.717) is 50.0 Å². The average molecular weight is 393 g/mol. The van der Waals surface area contributed by atoms with Crippen LogP contribution in [0, 0.1) is 0 Å². The van der Waals surface area contributed by atoms with E-state index in [1.54, 1.807) is 12.5 Å². The van der Waals surface area contributed by atoms with Gasteiger partial charge < -0.3 is 19.5 Å². The molecule has 138 valence electrons. The fraction of sp³-hybridized carbons (Fsp3) is 0.375. The van der Waals surface area contributed by atoms with Crippen molar-refractivity contribution in [2.24, 2.45) is 0 Å². The first kappa shape index (κ1) is 17.3. The van der Waals surface area contributed by atoms with E-state index in [-0.39, 0.29) is 0 Å². The molecule has 0 radical (unpaired) electrons. The minimum Gasteiger partial charge on any atom is -0.468 e. The average Bonchev–Trinajstić information content (AvgIpc) is 3.33. The van der Waals surface area contributed by atoms with E-state index in [9.17, 15) is 0 Å². The van der Waals surface area contributed by atoms with E-state index in [4.69, 9.17) is 33.3 Å². The van der Waals surface area contributed by atoms with Crippen LogP contribution in [0.3, 0.4) is 0 Å². The number of furan rings is 2. The Kier molecular flexibility index (Phi) is 5.07. The monoisotopic (exact) mass is 392 g/mol. The van der Waals surface area contributed by atoms with Crippen LogP contribution in [0.2, 0.25) is 0 Å². The number of nitrogens with one attached hydrogen (secondary N) is 2. The van der Waals surface area contributed by atoms with Gasteiger partial charge in [-0.2, -0.15) is 0 Å². The molecule has 8 nitrogen and oxygen atoms in total. The van der Waals surface area contributed by atoms with Gasteiger partial charge in [-0.3, -0.25) is 9.80 Å². The fourth-order valence-corrected chi connectivity index (χ4v) is 3.42. The van der Waals surface area contributed by atoms with E-state index >= 15 is 0 Å². The number of thiocarbonyl (C=S) groups is 2. The lowest BCUT2D eigenvalue weighted by Gasteiger charge is -2.47. The van der Waals surface area contributed by atoms with Crippen molar-refractivity contribution in [3.63, 3.8) is 0 Å².